The average Bonchev–Trinajstić information content (AvgIpc) is 2.90. The van der Waals surface area contributed by atoms with Gasteiger partial charge < -0.3 is 9.88 Å². The molecule has 0 saturated heterocycles. The van der Waals surface area contributed by atoms with Crippen LogP contribution in [-0.2, 0) is 13.5 Å². The lowest BCUT2D eigenvalue weighted by molar-refractivity contribution is 0.401. The van der Waals surface area contributed by atoms with E-state index in [-0.39, 0.29) is 0 Å². The fourth-order valence-electron chi connectivity index (χ4n) is 2.13. The van der Waals surface area contributed by atoms with Crippen LogP contribution in [0.15, 0.2) is 12.4 Å². The lowest BCUT2D eigenvalue weighted by Gasteiger charge is -2.17. The molecule has 0 aliphatic heterocycles. The summed E-state index contributed by atoms with van der Waals surface area (Å²) in [6, 6.07) is 0.602. The third-order valence-corrected chi connectivity index (χ3v) is 3.64. The Balaban J connectivity index is 1.79. The highest BCUT2D eigenvalue weighted by Gasteiger charge is 2.41. The quantitative estimate of drug-likeness (QED) is 0.797. The van der Waals surface area contributed by atoms with Crippen molar-refractivity contribution in [1.82, 2.24) is 14.9 Å². The number of aryl methyl sites for hydroxylation is 2. The molecule has 16 heavy (non-hydrogen) atoms. The molecule has 3 heteroatoms. The van der Waals surface area contributed by atoms with Crippen LogP contribution in [0, 0.1) is 5.41 Å². The standard InChI is InChI=1S/C13H23N3/c1-11(2)15-10-13(6-7-13)5-4-12-14-8-9-16(12)3/h8-9,11,15H,4-7,10H2,1-3H3. The number of rotatable bonds is 6. The highest BCUT2D eigenvalue weighted by Crippen LogP contribution is 2.48. The Labute approximate surface area is 98.3 Å². The van der Waals surface area contributed by atoms with Gasteiger partial charge in [-0.25, -0.2) is 4.98 Å². The molecule has 0 unspecified atom stereocenters. The van der Waals surface area contributed by atoms with Crippen molar-refractivity contribution in [2.75, 3.05) is 6.54 Å². The van der Waals surface area contributed by atoms with Gasteiger partial charge >= 0.3 is 0 Å². The minimum absolute atomic E-state index is 0.580. The maximum atomic E-state index is 4.38. The van der Waals surface area contributed by atoms with E-state index < -0.39 is 0 Å². The normalized spacial score (nSPS) is 18.0. The molecule has 0 bridgehead atoms. The first-order valence-corrected chi connectivity index (χ1v) is 6.31. The molecule has 90 valence electrons. The van der Waals surface area contributed by atoms with Gasteiger partial charge in [0.05, 0.1) is 0 Å². The lowest BCUT2D eigenvalue weighted by atomic mass is 9.99. The molecule has 0 amide bonds. The fraction of sp³-hybridized carbons (Fsp3) is 0.769. The van der Waals surface area contributed by atoms with Gasteiger partial charge in [0.2, 0.25) is 0 Å². The van der Waals surface area contributed by atoms with E-state index in [1.165, 1.54) is 31.6 Å². The Morgan fingerprint density at radius 2 is 2.25 bits per heavy atom. The Bertz CT molecular complexity index is 337. The summed E-state index contributed by atoms with van der Waals surface area (Å²) in [6.07, 6.45) is 9.08. The number of aromatic nitrogens is 2. The third-order valence-electron chi connectivity index (χ3n) is 3.64. The van der Waals surface area contributed by atoms with Crippen molar-refractivity contribution in [3.05, 3.63) is 18.2 Å². The van der Waals surface area contributed by atoms with Crippen molar-refractivity contribution < 1.29 is 0 Å². The first-order chi connectivity index (χ1) is 7.61. The molecule has 1 aliphatic carbocycles. The minimum atomic E-state index is 0.580. The molecule has 1 heterocycles. The van der Waals surface area contributed by atoms with Crippen molar-refractivity contribution in [2.24, 2.45) is 12.5 Å². The summed E-state index contributed by atoms with van der Waals surface area (Å²) >= 11 is 0. The first-order valence-electron chi connectivity index (χ1n) is 6.31. The molecule has 0 spiro atoms. The van der Waals surface area contributed by atoms with Gasteiger partial charge in [0.15, 0.2) is 0 Å². The smallest absolute Gasteiger partial charge is 0.108 e. The molecular weight excluding hydrogens is 198 g/mol. The summed E-state index contributed by atoms with van der Waals surface area (Å²) in [6.45, 7) is 5.61. The minimum Gasteiger partial charge on any atom is -0.338 e. The van der Waals surface area contributed by atoms with Gasteiger partial charge in [0, 0.05) is 38.4 Å². The van der Waals surface area contributed by atoms with Crippen LogP contribution in [0.3, 0.4) is 0 Å². The number of imidazole rings is 1. The molecule has 1 aromatic heterocycles. The molecule has 0 radical (unpaired) electrons. The van der Waals surface area contributed by atoms with E-state index in [9.17, 15) is 0 Å². The van der Waals surface area contributed by atoms with Crippen LogP contribution in [0.25, 0.3) is 0 Å². The van der Waals surface area contributed by atoms with Crippen molar-refractivity contribution in [3.8, 4) is 0 Å². The molecule has 1 aliphatic rings. The SMILES string of the molecule is CC(C)NCC1(CCc2nccn2C)CC1. The van der Waals surface area contributed by atoms with Crippen LogP contribution in [-0.4, -0.2) is 22.1 Å². The summed E-state index contributed by atoms with van der Waals surface area (Å²) in [5, 5.41) is 3.57. The second-order valence-electron chi connectivity index (χ2n) is 5.49. The van der Waals surface area contributed by atoms with E-state index >= 15 is 0 Å². The molecule has 1 N–H and O–H groups in total. The van der Waals surface area contributed by atoms with E-state index in [0.29, 0.717) is 11.5 Å². The molecule has 1 aromatic rings. The summed E-state index contributed by atoms with van der Waals surface area (Å²) in [4.78, 5) is 4.38. The molecular formula is C13H23N3. The predicted octanol–water partition coefficient (Wildman–Crippen LogP) is 2.13. The topological polar surface area (TPSA) is 29.9 Å². The second kappa shape index (κ2) is 4.58. The molecule has 3 nitrogen and oxygen atoms in total. The zero-order valence-electron chi connectivity index (χ0n) is 10.7. The highest BCUT2D eigenvalue weighted by molar-refractivity contribution is 4.99. The monoisotopic (exact) mass is 221 g/mol. The van der Waals surface area contributed by atoms with E-state index in [1.54, 1.807) is 0 Å². The maximum Gasteiger partial charge on any atom is 0.108 e. The van der Waals surface area contributed by atoms with Crippen LogP contribution in [0.4, 0.5) is 0 Å². The summed E-state index contributed by atoms with van der Waals surface area (Å²) in [7, 11) is 2.08. The Morgan fingerprint density at radius 3 is 2.75 bits per heavy atom. The van der Waals surface area contributed by atoms with E-state index in [2.05, 4.69) is 35.8 Å². The van der Waals surface area contributed by atoms with Gasteiger partial charge in [-0.2, -0.15) is 0 Å². The van der Waals surface area contributed by atoms with Crippen molar-refractivity contribution in [3.63, 3.8) is 0 Å². The van der Waals surface area contributed by atoms with Crippen LogP contribution >= 0.6 is 0 Å². The van der Waals surface area contributed by atoms with Crippen molar-refractivity contribution >= 4 is 0 Å². The largest absolute Gasteiger partial charge is 0.338 e. The lowest BCUT2D eigenvalue weighted by Crippen LogP contribution is -2.30. The Kier molecular flexibility index (Phi) is 3.33. The van der Waals surface area contributed by atoms with E-state index in [4.69, 9.17) is 0 Å². The summed E-state index contributed by atoms with van der Waals surface area (Å²) in [5.74, 6) is 1.22. The molecule has 0 aromatic carbocycles. The van der Waals surface area contributed by atoms with Gasteiger partial charge in [-0.1, -0.05) is 13.8 Å². The van der Waals surface area contributed by atoms with Crippen LogP contribution < -0.4 is 5.32 Å². The van der Waals surface area contributed by atoms with Crippen LogP contribution in [0.5, 0.6) is 0 Å². The Morgan fingerprint density at radius 1 is 1.50 bits per heavy atom. The molecule has 0 atom stereocenters. The number of nitrogens with one attached hydrogen (secondary N) is 1. The van der Waals surface area contributed by atoms with Gasteiger partial charge in [-0.3, -0.25) is 0 Å². The number of hydrogen-bond donors (Lipinski definition) is 1. The zero-order valence-corrected chi connectivity index (χ0v) is 10.7. The third kappa shape index (κ3) is 2.85. The molecule has 1 fully saturated rings. The fourth-order valence-corrected chi connectivity index (χ4v) is 2.13. The maximum absolute atomic E-state index is 4.38. The zero-order chi connectivity index (χ0) is 11.6. The molecule has 1 saturated carbocycles. The summed E-state index contributed by atoms with van der Waals surface area (Å²) in [5.41, 5.74) is 0.580. The van der Waals surface area contributed by atoms with Crippen LogP contribution in [0.2, 0.25) is 0 Å². The number of hydrogen-bond acceptors (Lipinski definition) is 2. The van der Waals surface area contributed by atoms with E-state index in [0.717, 1.165) is 6.42 Å². The average molecular weight is 221 g/mol. The van der Waals surface area contributed by atoms with Gasteiger partial charge in [-0.05, 0) is 24.7 Å². The van der Waals surface area contributed by atoms with Crippen molar-refractivity contribution in [2.45, 2.75) is 45.6 Å². The van der Waals surface area contributed by atoms with E-state index in [1.807, 2.05) is 12.4 Å². The number of nitrogens with zero attached hydrogens (tertiary/aromatic N) is 2. The first kappa shape index (κ1) is 11.6. The van der Waals surface area contributed by atoms with Gasteiger partial charge in [0.25, 0.3) is 0 Å². The second-order valence-corrected chi connectivity index (χ2v) is 5.49. The van der Waals surface area contributed by atoms with Crippen molar-refractivity contribution in [1.29, 1.82) is 0 Å². The van der Waals surface area contributed by atoms with Gasteiger partial charge in [0.1, 0.15) is 5.82 Å². The Hall–Kier alpha value is -0.830. The predicted molar refractivity (Wildman–Crippen MR) is 66.3 cm³/mol. The van der Waals surface area contributed by atoms with Crippen LogP contribution in [0.1, 0.15) is 38.9 Å². The summed E-state index contributed by atoms with van der Waals surface area (Å²) < 4.78 is 2.13. The highest BCUT2D eigenvalue weighted by atomic mass is 15.0. The molecule has 2 rings (SSSR count). The van der Waals surface area contributed by atoms with Gasteiger partial charge in [-0.15, -0.1) is 0 Å².